The number of aromatic nitrogens is 1. The molecular weight excluding hydrogens is 302 g/mol. The third-order valence-corrected chi connectivity index (χ3v) is 6.14. The average Bonchev–Trinajstić information content (AvgIpc) is 3.26. The fraction of sp³-hybridized carbons (Fsp3) is 0.632. The van der Waals surface area contributed by atoms with E-state index in [1.165, 1.54) is 19.3 Å². The third-order valence-electron chi connectivity index (χ3n) is 6.14. The van der Waals surface area contributed by atoms with Crippen molar-refractivity contribution in [3.63, 3.8) is 0 Å². The fourth-order valence-corrected chi connectivity index (χ4v) is 4.80. The first-order valence-electron chi connectivity index (χ1n) is 9.20. The van der Waals surface area contributed by atoms with E-state index in [2.05, 4.69) is 10.3 Å². The van der Waals surface area contributed by atoms with Crippen LogP contribution in [0.1, 0.15) is 48.9 Å². The molecule has 0 radical (unpaired) electrons. The predicted molar refractivity (Wildman–Crippen MR) is 90.2 cm³/mol. The van der Waals surface area contributed by atoms with E-state index in [-0.39, 0.29) is 17.9 Å². The first-order valence-corrected chi connectivity index (χ1v) is 9.20. The molecular formula is C19H25N3O2. The molecule has 2 bridgehead atoms. The lowest BCUT2D eigenvalue weighted by Gasteiger charge is -2.35. The minimum absolute atomic E-state index is 0.0460. The Morgan fingerprint density at radius 1 is 1.04 bits per heavy atom. The SMILES string of the molecule is O=C(NC1CCN(C(=O)[C@H]2C[C@H]3CC[C@H]2C3)CC1)c1ccncc1. The van der Waals surface area contributed by atoms with E-state index in [9.17, 15) is 9.59 Å². The van der Waals surface area contributed by atoms with Crippen LogP contribution in [0.5, 0.6) is 0 Å². The summed E-state index contributed by atoms with van der Waals surface area (Å²) < 4.78 is 0. The lowest BCUT2D eigenvalue weighted by molar-refractivity contribution is -0.138. The highest BCUT2D eigenvalue weighted by molar-refractivity contribution is 5.94. The first kappa shape index (κ1) is 15.6. The van der Waals surface area contributed by atoms with E-state index in [1.807, 2.05) is 4.90 Å². The number of nitrogens with one attached hydrogen (secondary N) is 1. The van der Waals surface area contributed by atoms with Gasteiger partial charge in [0.05, 0.1) is 0 Å². The van der Waals surface area contributed by atoms with Crippen molar-refractivity contribution in [2.24, 2.45) is 17.8 Å². The van der Waals surface area contributed by atoms with Crippen molar-refractivity contribution in [1.29, 1.82) is 0 Å². The summed E-state index contributed by atoms with van der Waals surface area (Å²) in [6.45, 7) is 1.54. The van der Waals surface area contributed by atoms with Crippen molar-refractivity contribution in [1.82, 2.24) is 15.2 Å². The molecule has 128 valence electrons. The molecule has 1 N–H and O–H groups in total. The number of nitrogens with zero attached hydrogens (tertiary/aromatic N) is 2. The van der Waals surface area contributed by atoms with Crippen LogP contribution in [0, 0.1) is 17.8 Å². The van der Waals surface area contributed by atoms with Crippen LogP contribution in [0.2, 0.25) is 0 Å². The van der Waals surface area contributed by atoms with Gasteiger partial charge in [0.2, 0.25) is 5.91 Å². The molecule has 2 aliphatic carbocycles. The Kier molecular flexibility index (Phi) is 4.25. The lowest BCUT2D eigenvalue weighted by Crippen LogP contribution is -2.48. The largest absolute Gasteiger partial charge is 0.349 e. The zero-order valence-electron chi connectivity index (χ0n) is 14.0. The maximum absolute atomic E-state index is 12.8. The number of hydrogen-bond donors (Lipinski definition) is 1. The van der Waals surface area contributed by atoms with Gasteiger partial charge in [-0.15, -0.1) is 0 Å². The number of hydrogen-bond acceptors (Lipinski definition) is 3. The van der Waals surface area contributed by atoms with E-state index < -0.39 is 0 Å². The molecule has 2 heterocycles. The highest BCUT2D eigenvalue weighted by atomic mass is 16.2. The average molecular weight is 327 g/mol. The second kappa shape index (κ2) is 6.54. The van der Waals surface area contributed by atoms with Gasteiger partial charge in [-0.05, 0) is 56.1 Å². The van der Waals surface area contributed by atoms with Gasteiger partial charge in [0, 0.05) is 43.0 Å². The van der Waals surface area contributed by atoms with Crippen molar-refractivity contribution in [2.45, 2.75) is 44.6 Å². The van der Waals surface area contributed by atoms with Crippen LogP contribution in [0.15, 0.2) is 24.5 Å². The molecule has 2 amide bonds. The molecule has 1 aromatic rings. The van der Waals surface area contributed by atoms with E-state index in [1.54, 1.807) is 24.5 Å². The minimum atomic E-state index is -0.0460. The van der Waals surface area contributed by atoms with Crippen molar-refractivity contribution in [3.05, 3.63) is 30.1 Å². The number of rotatable bonds is 3. The molecule has 4 rings (SSSR count). The molecule has 0 aromatic carbocycles. The number of piperidine rings is 1. The van der Waals surface area contributed by atoms with Crippen LogP contribution < -0.4 is 5.32 Å². The predicted octanol–water partition coefficient (Wildman–Crippen LogP) is 2.24. The standard InChI is InChI=1S/C19H25N3O2/c23-18(14-3-7-20-8-4-14)21-16-5-9-22(10-6-16)19(24)17-12-13-1-2-15(17)11-13/h3-4,7-8,13,15-17H,1-2,5-6,9-12H2,(H,21,23)/t13-,15-,17-/m0/s1. The molecule has 5 nitrogen and oxygen atoms in total. The van der Waals surface area contributed by atoms with Gasteiger partial charge >= 0.3 is 0 Å². The van der Waals surface area contributed by atoms with Crippen LogP contribution in [0.4, 0.5) is 0 Å². The van der Waals surface area contributed by atoms with E-state index >= 15 is 0 Å². The van der Waals surface area contributed by atoms with Crippen molar-refractivity contribution < 1.29 is 9.59 Å². The Morgan fingerprint density at radius 3 is 2.42 bits per heavy atom. The van der Waals surface area contributed by atoms with Gasteiger partial charge < -0.3 is 10.2 Å². The molecule has 5 heteroatoms. The second-order valence-corrected chi connectivity index (χ2v) is 7.59. The number of pyridine rings is 1. The first-order chi connectivity index (χ1) is 11.7. The summed E-state index contributed by atoms with van der Waals surface area (Å²) in [7, 11) is 0. The maximum Gasteiger partial charge on any atom is 0.251 e. The Balaban J connectivity index is 1.28. The summed E-state index contributed by atoms with van der Waals surface area (Å²) in [6.07, 6.45) is 9.93. The summed E-state index contributed by atoms with van der Waals surface area (Å²) in [5, 5.41) is 3.09. The number of fused-ring (bicyclic) bond motifs is 2. The summed E-state index contributed by atoms with van der Waals surface area (Å²) in [5.41, 5.74) is 0.644. The second-order valence-electron chi connectivity index (χ2n) is 7.59. The number of carbonyl (C=O) groups is 2. The highest BCUT2D eigenvalue weighted by Crippen LogP contribution is 2.49. The fourth-order valence-electron chi connectivity index (χ4n) is 4.80. The van der Waals surface area contributed by atoms with Crippen LogP contribution >= 0.6 is 0 Å². The topological polar surface area (TPSA) is 62.3 Å². The molecule has 0 unspecified atom stereocenters. The summed E-state index contributed by atoms with van der Waals surface area (Å²) in [4.78, 5) is 31.0. The van der Waals surface area contributed by atoms with E-state index in [0.717, 1.165) is 38.3 Å². The van der Waals surface area contributed by atoms with Gasteiger partial charge in [0.15, 0.2) is 0 Å². The Morgan fingerprint density at radius 2 is 1.79 bits per heavy atom. The molecule has 1 aromatic heterocycles. The summed E-state index contributed by atoms with van der Waals surface area (Å²) in [5.74, 6) is 2.07. The van der Waals surface area contributed by atoms with Gasteiger partial charge in [0.25, 0.3) is 5.91 Å². The molecule has 2 saturated carbocycles. The molecule has 3 fully saturated rings. The molecule has 3 atom stereocenters. The number of carbonyl (C=O) groups excluding carboxylic acids is 2. The van der Waals surface area contributed by atoms with Gasteiger partial charge in [-0.1, -0.05) is 6.42 Å². The van der Waals surface area contributed by atoms with Gasteiger partial charge in [-0.3, -0.25) is 14.6 Å². The maximum atomic E-state index is 12.8. The number of amides is 2. The Bertz CT molecular complexity index is 610. The molecule has 1 aliphatic heterocycles. The Labute approximate surface area is 142 Å². The van der Waals surface area contributed by atoms with Gasteiger partial charge in [-0.25, -0.2) is 0 Å². The molecule has 24 heavy (non-hydrogen) atoms. The zero-order chi connectivity index (χ0) is 16.5. The highest BCUT2D eigenvalue weighted by Gasteiger charge is 2.44. The smallest absolute Gasteiger partial charge is 0.251 e. The van der Waals surface area contributed by atoms with Crippen LogP contribution in [0.3, 0.4) is 0 Å². The van der Waals surface area contributed by atoms with Crippen LogP contribution in [0.25, 0.3) is 0 Å². The number of likely N-dealkylation sites (tertiary alicyclic amines) is 1. The molecule has 3 aliphatic rings. The summed E-state index contributed by atoms with van der Waals surface area (Å²) in [6, 6.07) is 3.61. The molecule has 1 saturated heterocycles. The normalized spacial score (nSPS) is 29.7. The van der Waals surface area contributed by atoms with Crippen molar-refractivity contribution >= 4 is 11.8 Å². The lowest BCUT2D eigenvalue weighted by atomic mass is 9.87. The third kappa shape index (κ3) is 3.04. The van der Waals surface area contributed by atoms with Gasteiger partial charge in [-0.2, -0.15) is 0 Å². The Hall–Kier alpha value is -1.91. The van der Waals surface area contributed by atoms with Gasteiger partial charge in [0.1, 0.15) is 0 Å². The van der Waals surface area contributed by atoms with E-state index in [0.29, 0.717) is 17.4 Å². The minimum Gasteiger partial charge on any atom is -0.349 e. The van der Waals surface area contributed by atoms with Crippen LogP contribution in [-0.4, -0.2) is 40.8 Å². The zero-order valence-corrected chi connectivity index (χ0v) is 14.0. The van der Waals surface area contributed by atoms with Crippen molar-refractivity contribution in [3.8, 4) is 0 Å². The molecule has 0 spiro atoms. The quantitative estimate of drug-likeness (QED) is 0.926. The van der Waals surface area contributed by atoms with Crippen molar-refractivity contribution in [2.75, 3.05) is 13.1 Å². The van der Waals surface area contributed by atoms with E-state index in [4.69, 9.17) is 0 Å². The monoisotopic (exact) mass is 327 g/mol. The van der Waals surface area contributed by atoms with Crippen LogP contribution in [-0.2, 0) is 4.79 Å². The summed E-state index contributed by atoms with van der Waals surface area (Å²) >= 11 is 0.